The zero-order valence-corrected chi connectivity index (χ0v) is 11.0. The van der Waals surface area contributed by atoms with Crippen LogP contribution in [0.2, 0.25) is 0 Å². The van der Waals surface area contributed by atoms with Crippen LogP contribution >= 0.6 is 0 Å². The van der Waals surface area contributed by atoms with E-state index in [9.17, 15) is 0 Å². The Bertz CT molecular complexity index is 479. The highest BCUT2D eigenvalue weighted by Crippen LogP contribution is 2.24. The molecule has 0 aliphatic heterocycles. The van der Waals surface area contributed by atoms with E-state index in [1.54, 1.807) is 0 Å². The molecule has 18 heavy (non-hydrogen) atoms. The van der Waals surface area contributed by atoms with E-state index in [1.807, 2.05) is 6.08 Å². The van der Waals surface area contributed by atoms with Gasteiger partial charge in [-0.15, -0.1) is 0 Å². The van der Waals surface area contributed by atoms with Crippen LogP contribution in [-0.2, 0) is 6.42 Å². The second-order valence-corrected chi connectivity index (χ2v) is 4.67. The lowest BCUT2D eigenvalue weighted by molar-refractivity contribution is 0.660. The van der Waals surface area contributed by atoms with Crippen molar-refractivity contribution in [3.05, 3.63) is 77.9 Å². The summed E-state index contributed by atoms with van der Waals surface area (Å²) in [5.74, 6) is 0.612. The lowest BCUT2D eigenvalue weighted by atomic mass is 9.90. The molecule has 92 valence electrons. The molecule has 0 spiro atoms. The standard InChI is InChI=1S/C18H20/c1-3-15-10-12-16(13-11-15)14-17(4-2)18-8-6-5-7-9-18/h3,5-13,17H,1,4,14H2,2H3. The number of hydrogen-bond acceptors (Lipinski definition) is 0. The van der Waals surface area contributed by atoms with Gasteiger partial charge in [-0.2, -0.15) is 0 Å². The van der Waals surface area contributed by atoms with Gasteiger partial charge in [0.15, 0.2) is 0 Å². The predicted molar refractivity (Wildman–Crippen MR) is 79.7 cm³/mol. The molecular weight excluding hydrogens is 216 g/mol. The van der Waals surface area contributed by atoms with Crippen molar-refractivity contribution in [1.29, 1.82) is 0 Å². The van der Waals surface area contributed by atoms with Crippen molar-refractivity contribution in [1.82, 2.24) is 0 Å². The maximum absolute atomic E-state index is 3.79. The van der Waals surface area contributed by atoms with Crippen LogP contribution in [0, 0.1) is 0 Å². The molecule has 0 aromatic heterocycles. The van der Waals surface area contributed by atoms with Crippen LogP contribution in [-0.4, -0.2) is 0 Å². The highest BCUT2D eigenvalue weighted by atomic mass is 14.1. The lowest BCUT2D eigenvalue weighted by Gasteiger charge is -2.15. The first kappa shape index (κ1) is 12.6. The Morgan fingerprint density at radius 2 is 1.67 bits per heavy atom. The third kappa shape index (κ3) is 3.10. The molecular formula is C18H20. The molecule has 0 heterocycles. The minimum atomic E-state index is 0.612. The summed E-state index contributed by atoms with van der Waals surface area (Å²) in [5.41, 5.74) is 4.02. The molecule has 0 aliphatic carbocycles. The van der Waals surface area contributed by atoms with E-state index in [0.29, 0.717) is 5.92 Å². The van der Waals surface area contributed by atoms with E-state index in [4.69, 9.17) is 0 Å². The van der Waals surface area contributed by atoms with Crippen LogP contribution in [0.3, 0.4) is 0 Å². The van der Waals surface area contributed by atoms with Crippen molar-refractivity contribution < 1.29 is 0 Å². The first-order valence-electron chi connectivity index (χ1n) is 6.59. The third-order valence-electron chi connectivity index (χ3n) is 3.46. The summed E-state index contributed by atoms with van der Waals surface area (Å²) in [6.07, 6.45) is 4.17. The molecule has 0 N–H and O–H groups in total. The van der Waals surface area contributed by atoms with Gasteiger partial charge in [-0.25, -0.2) is 0 Å². The summed E-state index contributed by atoms with van der Waals surface area (Å²) >= 11 is 0. The molecule has 0 saturated carbocycles. The average molecular weight is 236 g/mol. The number of rotatable bonds is 5. The summed E-state index contributed by atoms with van der Waals surface area (Å²) in [4.78, 5) is 0. The molecule has 0 saturated heterocycles. The van der Waals surface area contributed by atoms with Crippen LogP contribution in [0.15, 0.2) is 61.2 Å². The molecule has 1 unspecified atom stereocenters. The van der Waals surface area contributed by atoms with Crippen molar-refractivity contribution in [3.8, 4) is 0 Å². The van der Waals surface area contributed by atoms with Gasteiger partial charge in [0.25, 0.3) is 0 Å². The second-order valence-electron chi connectivity index (χ2n) is 4.67. The van der Waals surface area contributed by atoms with E-state index in [-0.39, 0.29) is 0 Å². The molecule has 2 aromatic rings. The Morgan fingerprint density at radius 1 is 1.00 bits per heavy atom. The Hall–Kier alpha value is -1.82. The Kier molecular flexibility index (Phi) is 4.35. The second kappa shape index (κ2) is 6.20. The highest BCUT2D eigenvalue weighted by molar-refractivity contribution is 5.47. The minimum absolute atomic E-state index is 0.612. The Labute approximate surface area is 110 Å². The highest BCUT2D eigenvalue weighted by Gasteiger charge is 2.09. The molecule has 2 aromatic carbocycles. The fourth-order valence-corrected chi connectivity index (χ4v) is 2.30. The molecule has 2 rings (SSSR count). The van der Waals surface area contributed by atoms with Gasteiger partial charge in [0, 0.05) is 0 Å². The van der Waals surface area contributed by atoms with Gasteiger partial charge in [-0.05, 0) is 35.4 Å². The SMILES string of the molecule is C=Cc1ccc(CC(CC)c2ccccc2)cc1. The Morgan fingerprint density at radius 3 is 2.22 bits per heavy atom. The number of benzene rings is 2. The molecule has 0 amide bonds. The van der Waals surface area contributed by atoms with Crippen molar-refractivity contribution in [3.63, 3.8) is 0 Å². The van der Waals surface area contributed by atoms with Crippen molar-refractivity contribution in [2.45, 2.75) is 25.7 Å². The van der Waals surface area contributed by atoms with Gasteiger partial charge < -0.3 is 0 Å². The van der Waals surface area contributed by atoms with E-state index in [0.717, 1.165) is 6.42 Å². The van der Waals surface area contributed by atoms with Crippen LogP contribution < -0.4 is 0 Å². The first-order chi connectivity index (χ1) is 8.83. The predicted octanol–water partition coefficient (Wildman–Crippen LogP) is 5.07. The van der Waals surface area contributed by atoms with Crippen LogP contribution in [0.25, 0.3) is 6.08 Å². The van der Waals surface area contributed by atoms with Crippen LogP contribution in [0.1, 0.15) is 36.0 Å². The average Bonchev–Trinajstić information content (AvgIpc) is 2.46. The van der Waals surface area contributed by atoms with Crippen molar-refractivity contribution >= 4 is 6.08 Å². The zero-order chi connectivity index (χ0) is 12.8. The zero-order valence-electron chi connectivity index (χ0n) is 11.0. The number of hydrogen-bond donors (Lipinski definition) is 0. The smallest absolute Gasteiger partial charge is 0.0124 e. The van der Waals surface area contributed by atoms with E-state index in [1.165, 1.54) is 23.1 Å². The molecule has 1 atom stereocenters. The summed E-state index contributed by atoms with van der Waals surface area (Å²) < 4.78 is 0. The first-order valence-corrected chi connectivity index (χ1v) is 6.59. The molecule has 0 heteroatoms. The fraction of sp³-hybridized carbons (Fsp3) is 0.222. The van der Waals surface area contributed by atoms with Crippen LogP contribution in [0.4, 0.5) is 0 Å². The van der Waals surface area contributed by atoms with E-state index in [2.05, 4.69) is 68.1 Å². The normalized spacial score (nSPS) is 12.1. The minimum Gasteiger partial charge on any atom is -0.0985 e. The maximum Gasteiger partial charge on any atom is -0.0124 e. The summed E-state index contributed by atoms with van der Waals surface area (Å²) in [6, 6.07) is 19.5. The molecule has 0 aliphatic rings. The summed E-state index contributed by atoms with van der Waals surface area (Å²) in [7, 11) is 0. The summed E-state index contributed by atoms with van der Waals surface area (Å²) in [6.45, 7) is 6.04. The molecule has 0 nitrogen and oxygen atoms in total. The van der Waals surface area contributed by atoms with Crippen molar-refractivity contribution in [2.24, 2.45) is 0 Å². The van der Waals surface area contributed by atoms with Crippen molar-refractivity contribution in [2.75, 3.05) is 0 Å². The van der Waals surface area contributed by atoms with Gasteiger partial charge in [0.05, 0.1) is 0 Å². The quantitative estimate of drug-likeness (QED) is 0.680. The van der Waals surface area contributed by atoms with Gasteiger partial charge in [0.2, 0.25) is 0 Å². The topological polar surface area (TPSA) is 0 Å². The molecule has 0 fully saturated rings. The molecule has 0 bridgehead atoms. The van der Waals surface area contributed by atoms with E-state index >= 15 is 0 Å². The lowest BCUT2D eigenvalue weighted by Crippen LogP contribution is -2.01. The Balaban J connectivity index is 2.12. The maximum atomic E-state index is 3.79. The van der Waals surface area contributed by atoms with Gasteiger partial charge >= 0.3 is 0 Å². The van der Waals surface area contributed by atoms with Gasteiger partial charge in [0.1, 0.15) is 0 Å². The van der Waals surface area contributed by atoms with Gasteiger partial charge in [-0.1, -0.05) is 74.2 Å². The monoisotopic (exact) mass is 236 g/mol. The van der Waals surface area contributed by atoms with Gasteiger partial charge in [-0.3, -0.25) is 0 Å². The molecule has 0 radical (unpaired) electrons. The van der Waals surface area contributed by atoms with E-state index < -0.39 is 0 Å². The van der Waals surface area contributed by atoms with Crippen LogP contribution in [0.5, 0.6) is 0 Å². The largest absolute Gasteiger partial charge is 0.0985 e. The fourth-order valence-electron chi connectivity index (χ4n) is 2.30. The summed E-state index contributed by atoms with van der Waals surface area (Å²) in [5, 5.41) is 0. The third-order valence-corrected chi connectivity index (χ3v) is 3.46.